The summed E-state index contributed by atoms with van der Waals surface area (Å²) in [6.07, 6.45) is 17.4. The summed E-state index contributed by atoms with van der Waals surface area (Å²) in [5.41, 5.74) is 7.05. The highest BCUT2D eigenvalue weighted by Crippen LogP contribution is 2.44. The van der Waals surface area contributed by atoms with E-state index in [1.54, 1.807) is 67.5 Å². The Morgan fingerprint density at radius 3 is 1.20 bits per heavy atom. The first kappa shape index (κ1) is 81.4. The maximum atomic E-state index is 12.6. The van der Waals surface area contributed by atoms with Crippen LogP contribution in [-0.2, 0) is 11.2 Å². The number of H-pyrrole nitrogens is 3. The lowest BCUT2D eigenvalue weighted by Gasteiger charge is -2.27. The number of amides is 4. The molecule has 13 heterocycles. The van der Waals surface area contributed by atoms with Crippen LogP contribution in [0.15, 0.2) is 116 Å². The van der Waals surface area contributed by atoms with Crippen molar-refractivity contribution in [1.82, 2.24) is 97.4 Å². The number of hydrogen-bond donors (Lipinski definition) is 7. The van der Waals surface area contributed by atoms with Crippen LogP contribution in [0, 0.1) is 35.5 Å². The highest BCUT2D eigenvalue weighted by Gasteiger charge is 2.46. The van der Waals surface area contributed by atoms with Crippen molar-refractivity contribution < 1.29 is 47.6 Å². The molecular formula is C71H84Cl2N26O10S4. The van der Waals surface area contributed by atoms with Crippen molar-refractivity contribution in [2.24, 2.45) is 35.5 Å². The molecule has 0 bridgehead atoms. The quantitative estimate of drug-likeness (QED) is 0.0268. The Hall–Kier alpha value is -11.0. The number of rotatable bonds is 16. The Morgan fingerprint density at radius 2 is 0.850 bits per heavy atom. The van der Waals surface area contributed by atoms with Crippen LogP contribution in [-0.4, -0.2) is 223 Å². The number of nitrogen functional groups attached to an aromatic ring is 1. The molecule has 0 radical (unpaired) electrons. The predicted octanol–water partition coefficient (Wildman–Crippen LogP) is 10.5. The van der Waals surface area contributed by atoms with Crippen molar-refractivity contribution in [2.75, 3.05) is 120 Å². The molecule has 113 heavy (non-hydrogen) atoms. The molecule has 2 aromatic carbocycles. The van der Waals surface area contributed by atoms with Crippen LogP contribution in [0.4, 0.5) is 47.2 Å². The molecular weight excluding hydrogens is 1580 g/mol. The number of hydrogen-bond acceptors (Lipinski definition) is 33. The number of aromatic amines is 3. The van der Waals surface area contributed by atoms with E-state index in [1.807, 2.05) is 52.7 Å². The molecule has 0 spiro atoms. The first-order chi connectivity index (χ1) is 54.5. The third-order valence-corrected chi connectivity index (χ3v) is 22.9. The molecule has 3 saturated carbocycles. The van der Waals surface area contributed by atoms with E-state index >= 15 is 0 Å². The topological polar surface area (TPSA) is 430 Å². The lowest BCUT2D eigenvalue weighted by molar-refractivity contribution is -0.133. The number of methoxy groups -OCH3 is 4. The zero-order valence-corrected chi connectivity index (χ0v) is 67.3. The van der Waals surface area contributed by atoms with Crippen LogP contribution in [0.2, 0.25) is 0 Å². The van der Waals surface area contributed by atoms with Crippen molar-refractivity contribution in [3.63, 3.8) is 0 Å². The van der Waals surface area contributed by atoms with Gasteiger partial charge >= 0.3 is 47.5 Å². The molecule has 596 valence electrons. The number of nitrogens with one attached hydrogen (secondary N) is 6. The molecule has 8 N–H and O–H groups in total. The molecule has 6 fully saturated rings. The summed E-state index contributed by atoms with van der Waals surface area (Å²) in [5.74, 6) is 7.31. The van der Waals surface area contributed by atoms with E-state index < -0.39 is 5.43 Å². The van der Waals surface area contributed by atoms with Gasteiger partial charge in [-0.05, 0) is 141 Å². The number of likely N-dealkylation sites (tertiary alicyclic amines) is 2. The monoisotopic (exact) mass is 1660 g/mol. The van der Waals surface area contributed by atoms with E-state index in [9.17, 15) is 19.2 Å². The normalized spacial score (nSPS) is 19.9. The van der Waals surface area contributed by atoms with Crippen molar-refractivity contribution in [3.05, 3.63) is 121 Å². The fourth-order valence-corrected chi connectivity index (χ4v) is 17.1. The molecule has 18 rings (SSSR count). The average molecular weight is 1660 g/mol. The second-order valence-corrected chi connectivity index (χ2v) is 30.4. The minimum absolute atomic E-state index is 0. The smallest absolute Gasteiger partial charge is 0.409 e. The fourth-order valence-electron chi connectivity index (χ4n) is 15.0. The Kier molecular flexibility index (Phi) is 27.7. The van der Waals surface area contributed by atoms with Gasteiger partial charge in [0.1, 0.15) is 69.9 Å². The maximum Gasteiger partial charge on any atom is 0.409 e. The number of nitrogens with zero attached hydrogens (tertiary/aromatic N) is 19. The van der Waals surface area contributed by atoms with Crippen LogP contribution in [0.1, 0.15) is 43.5 Å². The summed E-state index contributed by atoms with van der Waals surface area (Å²) in [6.45, 7) is 5.44. The Balaban J connectivity index is 0.000000132. The molecule has 9 atom stereocenters. The van der Waals surface area contributed by atoms with Gasteiger partial charge in [-0.25, -0.2) is 44.3 Å². The van der Waals surface area contributed by atoms with Crippen molar-refractivity contribution in [2.45, 2.75) is 63.1 Å². The number of urea groups is 2. The first-order valence-corrected chi connectivity index (χ1v) is 39.2. The number of nitrogens with two attached hydrogens (primary N) is 1. The molecule has 3 aliphatic carbocycles. The number of anilines is 6. The van der Waals surface area contributed by atoms with Gasteiger partial charge in [-0.15, -0.1) is 29.9 Å². The van der Waals surface area contributed by atoms with Gasteiger partial charge in [0, 0.05) is 130 Å². The number of carbonyl (C=O) groups is 4. The predicted molar refractivity (Wildman–Crippen MR) is 433 cm³/mol. The standard InChI is InChI=1S/2C18H22N8O2S.C14H19N5.C11H10N2O3S.C7H5ClO2.C3H5N3OS.ClH/c2*1-25(15-13-3-4-19-14(13)20-9-21-15)12-5-10-7-26(8-11(10)6-12)18(27)23-17-22-16(28-2)24-29-17;1-19(11-4-9-6-15-7-10(9)5-11)14-12-2-3-16-13(12)17-8-18-14;1-15-11-12-9(17-13-11)7-10(14)16-8-5-3-2-4-6-8;8-7(9)10-6-4-2-1-3-5-6;1-7-3-5-2(4)8-6-3;/h2*3-4,9-12H,5-8H2,1-2H3,(H,19,20,21)(H,22,23,24,27);2-3,8-11,15H,4-7H2,1H3,(H,16,17,18);2-6H,7H2,1H3;1-5H;1H3,(H2,4,5,6);1H/t2*10-,11+,12?;9-,10+,11?;;;;. The summed E-state index contributed by atoms with van der Waals surface area (Å²) in [4.78, 5) is 109. The summed E-state index contributed by atoms with van der Waals surface area (Å²) < 4.78 is 44.7. The molecule has 10 aromatic heterocycles. The number of ether oxygens (including phenoxy) is 6. The van der Waals surface area contributed by atoms with Crippen LogP contribution in [0.3, 0.4) is 0 Å². The Morgan fingerprint density at radius 1 is 0.487 bits per heavy atom. The second kappa shape index (κ2) is 38.5. The zero-order chi connectivity index (χ0) is 78.2. The number of carbonyl (C=O) groups excluding carboxylic acids is 4. The molecule has 6 aliphatic rings. The number of para-hydroxylation sites is 2. The summed E-state index contributed by atoms with van der Waals surface area (Å²) >= 11 is 9.44. The van der Waals surface area contributed by atoms with Gasteiger partial charge in [-0.2, -0.15) is 19.9 Å². The van der Waals surface area contributed by atoms with Gasteiger partial charge in [0.2, 0.25) is 15.4 Å². The largest absolute Gasteiger partial charge is 0.466 e. The van der Waals surface area contributed by atoms with Gasteiger partial charge in [0.15, 0.2) is 0 Å². The van der Waals surface area contributed by atoms with Gasteiger partial charge in [-0.1, -0.05) is 36.4 Å². The van der Waals surface area contributed by atoms with Gasteiger partial charge in [0.25, 0.3) is 0 Å². The number of benzene rings is 2. The van der Waals surface area contributed by atoms with Gasteiger partial charge in [0.05, 0.1) is 51.0 Å². The van der Waals surface area contributed by atoms with Crippen LogP contribution in [0.25, 0.3) is 33.1 Å². The van der Waals surface area contributed by atoms with Gasteiger partial charge < -0.3 is 78.9 Å². The molecule has 4 amide bonds. The Bertz CT molecular complexity index is 4870. The van der Waals surface area contributed by atoms with Crippen molar-refractivity contribution in [3.8, 4) is 35.5 Å². The van der Waals surface area contributed by atoms with E-state index in [-0.39, 0.29) is 54.9 Å². The van der Waals surface area contributed by atoms with E-state index in [4.69, 9.17) is 36.3 Å². The third kappa shape index (κ3) is 20.6. The average Bonchev–Trinajstić information content (AvgIpc) is 1.64. The molecule has 12 aromatic rings. The van der Waals surface area contributed by atoms with E-state index in [0.717, 1.165) is 160 Å². The van der Waals surface area contributed by atoms with Crippen LogP contribution in [0.5, 0.6) is 35.5 Å². The zero-order valence-electron chi connectivity index (χ0n) is 62.4. The van der Waals surface area contributed by atoms with Crippen LogP contribution >= 0.6 is 70.1 Å². The Labute approximate surface area is 675 Å². The lowest BCUT2D eigenvalue weighted by Crippen LogP contribution is -2.36. The lowest BCUT2D eigenvalue weighted by atomic mass is 10.0. The third-order valence-electron chi connectivity index (χ3n) is 20.4. The molecule has 42 heteroatoms. The minimum Gasteiger partial charge on any atom is -0.466 e. The van der Waals surface area contributed by atoms with Gasteiger partial charge in [-0.3, -0.25) is 15.4 Å². The van der Waals surface area contributed by atoms with E-state index in [2.05, 4.69) is 150 Å². The molecule has 3 aliphatic heterocycles. The number of esters is 1. The number of halogens is 2. The highest BCUT2D eigenvalue weighted by molar-refractivity contribution is 7.10. The minimum atomic E-state index is -0.814. The fraction of sp³-hybridized carbons (Fsp3) is 0.408. The highest BCUT2D eigenvalue weighted by atomic mass is 35.5. The molecule has 3 saturated heterocycles. The summed E-state index contributed by atoms with van der Waals surface area (Å²) in [5, 5.41) is 14.3. The summed E-state index contributed by atoms with van der Waals surface area (Å²) in [7, 11) is 12.4. The maximum absolute atomic E-state index is 12.6. The molecule has 3 unspecified atom stereocenters. The second-order valence-electron chi connectivity index (χ2n) is 27.0. The summed E-state index contributed by atoms with van der Waals surface area (Å²) in [6, 6.07) is 26.0. The first-order valence-electron chi connectivity index (χ1n) is 35.7. The SMILES string of the molecule is CN(c1ncnc2[nH]ccc12)C1C[C@H]2CNC[C@H]2C1.COc1nsc(CC(=O)Oc2ccccc2)n1.COc1nsc(N)n1.COc1nsc(NC(=O)N2C[C@H]3CC(N(C)c4ncnc5[nH]ccc45)C[C@H]3C2)n1.COc1nsc(NC(=O)N2C[C@H]3CC(N(C)c4ncnc5[nH]ccc45)C[C@H]3C2)n1.Cl.O=C(Cl)Oc1ccccc1. The van der Waals surface area contributed by atoms with E-state index in [0.29, 0.717) is 79.7 Å². The number of fused-ring (bicyclic) bond motifs is 6. The molecule has 36 nitrogen and oxygen atoms in total. The number of aromatic nitrogens is 17. The van der Waals surface area contributed by atoms with Crippen molar-refractivity contribution in [1.29, 1.82) is 0 Å². The van der Waals surface area contributed by atoms with Crippen LogP contribution < -0.4 is 64.8 Å². The van der Waals surface area contributed by atoms with Crippen molar-refractivity contribution >= 4 is 160 Å². The van der Waals surface area contributed by atoms with E-state index in [1.165, 1.54) is 54.4 Å².